The molecule has 2 unspecified atom stereocenters. The van der Waals surface area contributed by atoms with E-state index in [0.717, 1.165) is 22.2 Å². The van der Waals surface area contributed by atoms with Crippen LogP contribution in [0.2, 0.25) is 5.02 Å². The summed E-state index contributed by atoms with van der Waals surface area (Å²) in [5.74, 6) is -2.48. The van der Waals surface area contributed by atoms with Crippen LogP contribution in [0.5, 0.6) is 0 Å². The van der Waals surface area contributed by atoms with E-state index in [9.17, 15) is 18.1 Å². The number of thiophene rings is 1. The highest BCUT2D eigenvalue weighted by Crippen LogP contribution is 2.58. The molecule has 158 valence electrons. The number of nitrogens with one attached hydrogen (secondary N) is 1. The summed E-state index contributed by atoms with van der Waals surface area (Å²) in [6.45, 7) is 3.32. The molecule has 3 rings (SSSR count). The molecule has 2 atom stereocenters. The number of fused-ring (bicyclic) bond motifs is 1. The van der Waals surface area contributed by atoms with Gasteiger partial charge in [-0.3, -0.25) is 9.36 Å². The van der Waals surface area contributed by atoms with Gasteiger partial charge in [-0.15, -0.1) is 11.3 Å². The van der Waals surface area contributed by atoms with Gasteiger partial charge in [0.05, 0.1) is 6.61 Å². The van der Waals surface area contributed by atoms with Crippen LogP contribution in [0.1, 0.15) is 23.7 Å². The average molecular weight is 470 g/mol. The Hall–Kier alpha value is -2.05. The average Bonchev–Trinajstić information content (AvgIpc) is 3.07. The van der Waals surface area contributed by atoms with Crippen LogP contribution in [-0.2, 0) is 13.9 Å². The van der Waals surface area contributed by atoms with Crippen molar-refractivity contribution >= 4 is 52.4 Å². The van der Waals surface area contributed by atoms with Gasteiger partial charge in [-0.1, -0.05) is 17.7 Å². The maximum absolute atomic E-state index is 13.3. The molecule has 0 spiro atoms. The van der Waals surface area contributed by atoms with Gasteiger partial charge in [-0.05, 0) is 65.2 Å². The molecule has 1 heterocycles. The molecule has 1 amide bonds. The van der Waals surface area contributed by atoms with Gasteiger partial charge >= 0.3 is 0 Å². The Kier molecular flexibility index (Phi) is 7.09. The van der Waals surface area contributed by atoms with Crippen LogP contribution in [0, 0.1) is 11.6 Å². The predicted octanol–water partition coefficient (Wildman–Crippen LogP) is 6.61. The van der Waals surface area contributed by atoms with E-state index in [-0.39, 0.29) is 6.61 Å². The van der Waals surface area contributed by atoms with E-state index in [0.29, 0.717) is 16.1 Å². The zero-order valence-electron chi connectivity index (χ0n) is 16.2. The third-order valence-corrected chi connectivity index (χ3v) is 7.85. The van der Waals surface area contributed by atoms with Crippen LogP contribution in [-0.4, -0.2) is 19.2 Å². The molecule has 0 radical (unpaired) electrons. The number of benzene rings is 2. The molecule has 0 bridgehead atoms. The third-order valence-electron chi connectivity index (χ3n) is 4.41. The van der Waals surface area contributed by atoms with Crippen molar-refractivity contribution in [2.45, 2.75) is 12.6 Å². The lowest BCUT2D eigenvalue weighted by Gasteiger charge is -2.22. The van der Waals surface area contributed by atoms with Crippen molar-refractivity contribution in [3.8, 4) is 0 Å². The minimum absolute atomic E-state index is 0.186. The summed E-state index contributed by atoms with van der Waals surface area (Å²) in [4.78, 5) is 13.0. The Bertz CT molecular complexity index is 1160. The van der Waals surface area contributed by atoms with Crippen molar-refractivity contribution in [1.82, 2.24) is 5.32 Å². The second-order valence-electron chi connectivity index (χ2n) is 6.58. The van der Waals surface area contributed by atoms with Crippen LogP contribution in [0.25, 0.3) is 16.2 Å². The maximum Gasteiger partial charge on any atom is 0.241 e. The van der Waals surface area contributed by atoms with Gasteiger partial charge in [0.1, 0.15) is 5.66 Å². The second-order valence-corrected chi connectivity index (χ2v) is 10.5. The molecule has 3 aromatic rings. The molecule has 1 N–H and O–H groups in total. The summed E-state index contributed by atoms with van der Waals surface area (Å²) in [5.41, 5.74) is -0.127. The van der Waals surface area contributed by atoms with Gasteiger partial charge in [-0.2, -0.15) is 0 Å². The zero-order valence-corrected chi connectivity index (χ0v) is 18.7. The highest BCUT2D eigenvalue weighted by molar-refractivity contribution is 7.59. The second kappa shape index (κ2) is 9.40. The Labute approximate surface area is 182 Å². The molecule has 30 heavy (non-hydrogen) atoms. The van der Waals surface area contributed by atoms with Gasteiger partial charge in [0, 0.05) is 22.6 Å². The molecule has 9 heteroatoms. The Morgan fingerprint density at radius 1 is 1.27 bits per heavy atom. The number of amides is 1. The normalized spacial score (nSPS) is 14.7. The Balaban J connectivity index is 1.93. The van der Waals surface area contributed by atoms with E-state index in [2.05, 4.69) is 5.32 Å². The van der Waals surface area contributed by atoms with Gasteiger partial charge in [0.25, 0.3) is 0 Å². The first-order valence-corrected chi connectivity index (χ1v) is 12.4. The molecular formula is C21H19ClF2NO3PS. The van der Waals surface area contributed by atoms with Crippen LogP contribution in [0.3, 0.4) is 0 Å². The molecule has 2 aromatic carbocycles. The fraction of sp³-hybridized carbons (Fsp3) is 0.190. The quantitative estimate of drug-likeness (QED) is 0.396. The van der Waals surface area contributed by atoms with Gasteiger partial charge < -0.3 is 9.84 Å². The van der Waals surface area contributed by atoms with Crippen molar-refractivity contribution in [3.05, 3.63) is 75.8 Å². The van der Waals surface area contributed by atoms with Crippen molar-refractivity contribution in [2.24, 2.45) is 0 Å². The zero-order chi connectivity index (χ0) is 21.9. The van der Waals surface area contributed by atoms with E-state index in [1.165, 1.54) is 36.3 Å². The number of hydrogen-bond acceptors (Lipinski definition) is 4. The minimum atomic E-state index is -3.39. The first kappa shape index (κ1) is 22.6. The van der Waals surface area contributed by atoms with Crippen molar-refractivity contribution in [1.29, 1.82) is 0 Å². The van der Waals surface area contributed by atoms with Crippen molar-refractivity contribution < 1.29 is 22.7 Å². The van der Waals surface area contributed by atoms with Crippen molar-refractivity contribution in [3.63, 3.8) is 0 Å². The summed E-state index contributed by atoms with van der Waals surface area (Å²) in [6, 6.07) is 8.69. The van der Waals surface area contributed by atoms with E-state index in [1.807, 2.05) is 6.07 Å². The molecule has 4 nitrogen and oxygen atoms in total. The van der Waals surface area contributed by atoms with Gasteiger partial charge in [0.2, 0.25) is 13.3 Å². The minimum Gasteiger partial charge on any atom is -0.332 e. The molecule has 0 aliphatic heterocycles. The first-order valence-electron chi connectivity index (χ1n) is 9.03. The molecular weight excluding hydrogens is 451 g/mol. The van der Waals surface area contributed by atoms with Gasteiger partial charge in [-0.25, -0.2) is 8.78 Å². The largest absolute Gasteiger partial charge is 0.332 e. The summed E-state index contributed by atoms with van der Waals surface area (Å²) >= 11 is 7.53. The van der Waals surface area contributed by atoms with E-state index >= 15 is 0 Å². The number of carbonyl (C=O) groups is 1. The van der Waals surface area contributed by atoms with Crippen LogP contribution < -0.4 is 5.32 Å². The summed E-state index contributed by atoms with van der Waals surface area (Å²) in [6.07, 6.45) is 2.72. The summed E-state index contributed by atoms with van der Waals surface area (Å²) in [5, 5.41) is 5.60. The van der Waals surface area contributed by atoms with E-state index < -0.39 is 30.6 Å². The standard InChI is InChI=1S/C21H19ClF2NO3PS/c1-3-28-29(2,27)20(16-12-30-19-7-5-14(22)11-15(16)19)21(26)25-9-8-13-4-6-17(23)18(24)10-13/h4-12,20H,3H2,1-2H3,(H,25,26). The molecule has 0 aliphatic carbocycles. The third kappa shape index (κ3) is 4.98. The van der Waals surface area contributed by atoms with Crippen LogP contribution >= 0.6 is 30.3 Å². The lowest BCUT2D eigenvalue weighted by molar-refractivity contribution is -0.120. The van der Waals surface area contributed by atoms with Crippen LogP contribution in [0.15, 0.2) is 48.0 Å². The lowest BCUT2D eigenvalue weighted by Crippen LogP contribution is -2.25. The fourth-order valence-corrected chi connectivity index (χ4v) is 6.21. The summed E-state index contributed by atoms with van der Waals surface area (Å²) in [7, 11) is -3.39. The number of halogens is 3. The molecule has 0 saturated carbocycles. The fourth-order valence-electron chi connectivity index (χ4n) is 3.09. The monoisotopic (exact) mass is 469 g/mol. The molecule has 0 aliphatic rings. The van der Waals surface area contributed by atoms with E-state index in [1.54, 1.807) is 24.4 Å². The smallest absolute Gasteiger partial charge is 0.241 e. The highest BCUT2D eigenvalue weighted by atomic mass is 35.5. The molecule has 0 saturated heterocycles. The number of carbonyl (C=O) groups excluding carboxylic acids is 1. The van der Waals surface area contributed by atoms with Crippen molar-refractivity contribution in [2.75, 3.05) is 13.3 Å². The topological polar surface area (TPSA) is 55.4 Å². The van der Waals surface area contributed by atoms with Gasteiger partial charge in [0.15, 0.2) is 11.6 Å². The predicted molar refractivity (Wildman–Crippen MR) is 118 cm³/mol. The Morgan fingerprint density at radius 2 is 2.03 bits per heavy atom. The summed E-state index contributed by atoms with van der Waals surface area (Å²) < 4.78 is 46.0. The van der Waals surface area contributed by atoms with Crippen LogP contribution in [0.4, 0.5) is 8.78 Å². The maximum atomic E-state index is 13.3. The number of rotatable bonds is 7. The lowest BCUT2D eigenvalue weighted by atomic mass is 10.1. The molecule has 1 aromatic heterocycles. The first-order chi connectivity index (χ1) is 14.2. The Morgan fingerprint density at radius 3 is 2.73 bits per heavy atom. The SMILES string of the molecule is CCOP(C)(=O)C(C(=O)NC=Cc1ccc(F)c(F)c1)c1csc2ccc(Cl)cc12. The van der Waals surface area contributed by atoms with E-state index in [4.69, 9.17) is 16.1 Å². The highest BCUT2D eigenvalue weighted by Gasteiger charge is 2.38. The molecule has 0 fully saturated rings. The number of hydrogen-bond donors (Lipinski definition) is 1.